The molecule has 3 aliphatic rings. The molecule has 2 fully saturated rings. The van der Waals surface area contributed by atoms with Crippen molar-refractivity contribution in [2.24, 2.45) is 0 Å². The lowest BCUT2D eigenvalue weighted by Gasteiger charge is -2.36. The lowest BCUT2D eigenvalue weighted by atomic mass is 9.76. The van der Waals surface area contributed by atoms with Crippen LogP contribution in [-0.2, 0) is 26.8 Å². The number of urea groups is 1. The number of amides is 3. The van der Waals surface area contributed by atoms with Gasteiger partial charge in [0.05, 0.1) is 6.67 Å². The molecule has 1 aromatic heterocycles. The summed E-state index contributed by atoms with van der Waals surface area (Å²) < 4.78 is 32.5. The van der Waals surface area contributed by atoms with E-state index in [1.807, 2.05) is 29.2 Å². The number of carbonyl (C=O) groups excluding carboxylic acids is 2. The molecule has 176 valence electrons. The van der Waals surface area contributed by atoms with Gasteiger partial charge in [0.25, 0.3) is 5.91 Å². The number of rotatable bonds is 4. The number of fused-ring (bicyclic) bond motifs is 2. The van der Waals surface area contributed by atoms with Gasteiger partial charge in [0.2, 0.25) is 10.0 Å². The van der Waals surface area contributed by atoms with Crippen LogP contribution < -0.4 is 5.32 Å². The topological polar surface area (TPSA) is 116 Å². The molecule has 0 saturated carbocycles. The van der Waals surface area contributed by atoms with E-state index < -0.39 is 21.6 Å². The van der Waals surface area contributed by atoms with Crippen molar-refractivity contribution in [3.63, 3.8) is 0 Å². The molecule has 3 heterocycles. The van der Waals surface area contributed by atoms with Crippen LogP contribution in [0.1, 0.15) is 35.4 Å². The molecular formula is C22H27N5O5S. The minimum atomic E-state index is -3.72. The minimum Gasteiger partial charge on any atom is -0.360 e. The number of carbonyl (C=O) groups is 2. The number of aryl methyl sites for hydroxylation is 3. The van der Waals surface area contributed by atoms with Gasteiger partial charge in [0, 0.05) is 26.2 Å². The van der Waals surface area contributed by atoms with Crippen LogP contribution in [0.4, 0.5) is 4.79 Å². The number of aromatic nitrogens is 1. The summed E-state index contributed by atoms with van der Waals surface area (Å²) in [6, 6.07) is 7.38. The molecule has 2 aliphatic heterocycles. The summed E-state index contributed by atoms with van der Waals surface area (Å²) in [4.78, 5) is 29.6. The maximum absolute atomic E-state index is 13.5. The third-order valence-corrected chi connectivity index (χ3v) is 9.03. The van der Waals surface area contributed by atoms with Crippen molar-refractivity contribution < 1.29 is 22.5 Å². The smallest absolute Gasteiger partial charge is 0.326 e. The molecule has 33 heavy (non-hydrogen) atoms. The number of nitrogens with one attached hydrogen (secondary N) is 1. The van der Waals surface area contributed by atoms with E-state index in [0.29, 0.717) is 25.2 Å². The number of piperazine rings is 1. The van der Waals surface area contributed by atoms with Crippen LogP contribution in [0.3, 0.4) is 0 Å². The fourth-order valence-electron chi connectivity index (χ4n) is 5.22. The van der Waals surface area contributed by atoms with Crippen molar-refractivity contribution in [3.8, 4) is 0 Å². The van der Waals surface area contributed by atoms with E-state index in [1.165, 1.54) is 9.21 Å². The van der Waals surface area contributed by atoms with E-state index in [9.17, 15) is 18.0 Å². The van der Waals surface area contributed by atoms with Gasteiger partial charge in [-0.25, -0.2) is 18.1 Å². The SMILES string of the molecule is Cc1noc(C)c1S(=O)(=O)N1CCN(CN2C(=O)NC3(CCCc4ccccc43)C2=O)CC1. The Morgan fingerprint density at radius 1 is 1.12 bits per heavy atom. The maximum atomic E-state index is 13.5. The van der Waals surface area contributed by atoms with E-state index in [0.717, 1.165) is 24.0 Å². The van der Waals surface area contributed by atoms with Gasteiger partial charge < -0.3 is 9.84 Å². The summed E-state index contributed by atoms with van der Waals surface area (Å²) in [5, 5.41) is 6.72. The number of sulfonamides is 1. The molecule has 1 spiro atoms. The van der Waals surface area contributed by atoms with Crippen molar-refractivity contribution in [2.75, 3.05) is 32.8 Å². The molecule has 3 amide bonds. The highest BCUT2D eigenvalue weighted by atomic mass is 32.2. The van der Waals surface area contributed by atoms with Crippen LogP contribution in [-0.4, -0.2) is 72.5 Å². The first-order chi connectivity index (χ1) is 15.7. The number of benzene rings is 1. The average molecular weight is 474 g/mol. The van der Waals surface area contributed by atoms with E-state index >= 15 is 0 Å². The number of hydrogen-bond donors (Lipinski definition) is 1. The number of nitrogens with zero attached hydrogens (tertiary/aromatic N) is 4. The number of hydrogen-bond acceptors (Lipinski definition) is 7. The van der Waals surface area contributed by atoms with Crippen molar-refractivity contribution in [3.05, 3.63) is 46.8 Å². The highest BCUT2D eigenvalue weighted by Crippen LogP contribution is 2.40. The second kappa shape index (κ2) is 7.93. The van der Waals surface area contributed by atoms with Crippen LogP contribution in [0, 0.1) is 13.8 Å². The first-order valence-corrected chi connectivity index (χ1v) is 12.6. The van der Waals surface area contributed by atoms with Crippen LogP contribution >= 0.6 is 0 Å². The van der Waals surface area contributed by atoms with Gasteiger partial charge in [-0.1, -0.05) is 29.4 Å². The first-order valence-electron chi connectivity index (χ1n) is 11.1. The van der Waals surface area contributed by atoms with Gasteiger partial charge in [-0.2, -0.15) is 4.31 Å². The first kappa shape index (κ1) is 22.1. The zero-order chi connectivity index (χ0) is 23.4. The van der Waals surface area contributed by atoms with Crippen LogP contribution in [0.25, 0.3) is 0 Å². The van der Waals surface area contributed by atoms with E-state index in [1.54, 1.807) is 13.8 Å². The second-order valence-corrected chi connectivity index (χ2v) is 10.8. The fourth-order valence-corrected chi connectivity index (χ4v) is 6.94. The second-order valence-electron chi connectivity index (χ2n) is 8.90. The Morgan fingerprint density at radius 3 is 2.55 bits per heavy atom. The quantitative estimate of drug-likeness (QED) is 0.666. The van der Waals surface area contributed by atoms with E-state index in [2.05, 4.69) is 10.5 Å². The third kappa shape index (κ3) is 3.46. The Balaban J connectivity index is 1.28. The molecule has 1 aromatic carbocycles. The fraction of sp³-hybridized carbons (Fsp3) is 0.500. The molecule has 5 rings (SSSR count). The monoisotopic (exact) mass is 473 g/mol. The minimum absolute atomic E-state index is 0.114. The van der Waals surface area contributed by atoms with Crippen molar-refractivity contribution >= 4 is 22.0 Å². The Labute approximate surface area is 192 Å². The lowest BCUT2D eigenvalue weighted by molar-refractivity contribution is -0.133. The van der Waals surface area contributed by atoms with E-state index in [-0.39, 0.29) is 36.3 Å². The predicted octanol–water partition coefficient (Wildman–Crippen LogP) is 1.34. The Bertz CT molecular complexity index is 1200. The molecule has 2 aromatic rings. The zero-order valence-corrected chi connectivity index (χ0v) is 19.5. The summed E-state index contributed by atoms with van der Waals surface area (Å²) in [6.45, 7) is 4.64. The summed E-state index contributed by atoms with van der Waals surface area (Å²) in [5.41, 5.74) is 1.32. The van der Waals surface area contributed by atoms with Crippen molar-refractivity contribution in [1.29, 1.82) is 0 Å². The Hall–Kier alpha value is -2.76. The van der Waals surface area contributed by atoms with Gasteiger partial charge in [-0.05, 0) is 44.2 Å². The molecule has 11 heteroatoms. The Morgan fingerprint density at radius 2 is 1.85 bits per heavy atom. The van der Waals surface area contributed by atoms with E-state index in [4.69, 9.17) is 4.52 Å². The lowest BCUT2D eigenvalue weighted by Crippen LogP contribution is -2.53. The van der Waals surface area contributed by atoms with Crippen LogP contribution in [0.5, 0.6) is 0 Å². The third-order valence-electron chi connectivity index (χ3n) is 6.89. The van der Waals surface area contributed by atoms with Crippen molar-refractivity contribution in [2.45, 2.75) is 43.5 Å². The summed E-state index contributed by atoms with van der Waals surface area (Å²) in [6.07, 6.45) is 2.30. The molecule has 1 unspecified atom stereocenters. The highest BCUT2D eigenvalue weighted by Gasteiger charge is 2.54. The molecule has 1 atom stereocenters. The van der Waals surface area contributed by atoms with Crippen LogP contribution in [0.15, 0.2) is 33.7 Å². The van der Waals surface area contributed by atoms with Gasteiger partial charge in [-0.3, -0.25) is 9.69 Å². The predicted molar refractivity (Wildman–Crippen MR) is 118 cm³/mol. The summed E-state index contributed by atoms with van der Waals surface area (Å²) in [5.74, 6) is 0.0396. The average Bonchev–Trinajstić information content (AvgIpc) is 3.26. The summed E-state index contributed by atoms with van der Waals surface area (Å²) in [7, 11) is -3.72. The summed E-state index contributed by atoms with van der Waals surface area (Å²) >= 11 is 0. The standard InChI is InChI=1S/C22H27N5O5S/c1-15-19(16(2)32-24-15)33(30,31)26-12-10-25(11-13-26)14-27-20(28)22(23-21(27)29)9-5-7-17-6-3-4-8-18(17)22/h3-4,6,8H,5,7,9-14H2,1-2H3,(H,23,29). The molecule has 2 saturated heterocycles. The van der Waals surface area contributed by atoms with Gasteiger partial charge in [0.1, 0.15) is 16.1 Å². The molecule has 1 N–H and O–H groups in total. The van der Waals surface area contributed by atoms with Gasteiger partial charge >= 0.3 is 6.03 Å². The van der Waals surface area contributed by atoms with Crippen molar-refractivity contribution in [1.82, 2.24) is 24.6 Å². The van der Waals surface area contributed by atoms with Gasteiger partial charge in [-0.15, -0.1) is 0 Å². The molecule has 0 radical (unpaired) electrons. The number of imide groups is 1. The molecular weight excluding hydrogens is 446 g/mol. The highest BCUT2D eigenvalue weighted by molar-refractivity contribution is 7.89. The molecule has 0 bridgehead atoms. The Kier molecular flexibility index (Phi) is 5.30. The maximum Gasteiger partial charge on any atom is 0.326 e. The largest absolute Gasteiger partial charge is 0.360 e. The molecule has 1 aliphatic carbocycles. The van der Waals surface area contributed by atoms with Crippen LogP contribution in [0.2, 0.25) is 0 Å². The van der Waals surface area contributed by atoms with Gasteiger partial charge in [0.15, 0.2) is 5.76 Å². The zero-order valence-electron chi connectivity index (χ0n) is 18.7. The normalized spacial score (nSPS) is 24.4. The molecule has 10 nitrogen and oxygen atoms in total.